The Morgan fingerprint density at radius 3 is 2.48 bits per heavy atom. The van der Waals surface area contributed by atoms with Crippen LogP contribution in [-0.2, 0) is 4.79 Å². The fraction of sp³-hybridized carbons (Fsp3) is 0.300. The van der Waals surface area contributed by atoms with Crippen LogP contribution in [-0.4, -0.2) is 57.5 Å². The minimum atomic E-state index is -0.255. The van der Waals surface area contributed by atoms with Crippen LogP contribution in [0.3, 0.4) is 0 Å². The van der Waals surface area contributed by atoms with Crippen molar-refractivity contribution < 1.29 is 9.59 Å². The van der Waals surface area contributed by atoms with E-state index < -0.39 is 0 Å². The number of halogens is 1. The fourth-order valence-corrected chi connectivity index (χ4v) is 3.30. The van der Waals surface area contributed by atoms with E-state index in [2.05, 4.69) is 10.2 Å². The molecule has 2 amide bonds. The van der Waals surface area contributed by atoms with Crippen molar-refractivity contribution in [2.75, 3.05) is 55.9 Å². The van der Waals surface area contributed by atoms with Gasteiger partial charge in [-0.15, -0.1) is 0 Å². The first-order valence-corrected chi connectivity index (χ1v) is 9.11. The average molecular weight is 387 g/mol. The molecule has 2 aromatic rings. The second kappa shape index (κ2) is 7.98. The van der Waals surface area contributed by atoms with Crippen molar-refractivity contribution in [3.8, 4) is 0 Å². The van der Waals surface area contributed by atoms with E-state index in [-0.39, 0.29) is 18.4 Å². The number of carbonyl (C=O) groups is 2. The SMILES string of the molecule is CN(C)CCN(C)c1cccc2c1C(=O)N(c1ccccc1Cl)CC(=O)N2. The Kier molecular flexibility index (Phi) is 5.68. The molecule has 2 aromatic carbocycles. The maximum Gasteiger partial charge on any atom is 0.263 e. The van der Waals surface area contributed by atoms with Gasteiger partial charge in [-0.25, -0.2) is 0 Å². The van der Waals surface area contributed by atoms with Crippen molar-refractivity contribution in [3.05, 3.63) is 53.1 Å². The summed E-state index contributed by atoms with van der Waals surface area (Å²) in [4.78, 5) is 31.4. The number of hydrogen-bond donors (Lipinski definition) is 1. The lowest BCUT2D eigenvalue weighted by atomic mass is 10.1. The van der Waals surface area contributed by atoms with Gasteiger partial charge in [0.2, 0.25) is 5.91 Å². The molecule has 0 unspecified atom stereocenters. The summed E-state index contributed by atoms with van der Waals surface area (Å²) in [5.74, 6) is -0.501. The van der Waals surface area contributed by atoms with Crippen LogP contribution >= 0.6 is 11.6 Å². The zero-order valence-electron chi connectivity index (χ0n) is 15.7. The zero-order chi connectivity index (χ0) is 19.6. The zero-order valence-corrected chi connectivity index (χ0v) is 16.5. The summed E-state index contributed by atoms with van der Waals surface area (Å²) in [6.07, 6.45) is 0. The third-order valence-corrected chi connectivity index (χ3v) is 4.83. The van der Waals surface area contributed by atoms with Gasteiger partial charge in [-0.1, -0.05) is 29.8 Å². The lowest BCUT2D eigenvalue weighted by Crippen LogP contribution is -2.36. The number of nitrogens with zero attached hydrogens (tertiary/aromatic N) is 3. The summed E-state index contributed by atoms with van der Waals surface area (Å²) in [5, 5.41) is 3.28. The van der Waals surface area contributed by atoms with Crippen LogP contribution in [0.1, 0.15) is 10.4 Å². The first-order valence-electron chi connectivity index (χ1n) is 8.73. The third-order valence-electron chi connectivity index (χ3n) is 4.51. The van der Waals surface area contributed by atoms with E-state index in [1.807, 2.05) is 38.2 Å². The number of hydrogen-bond acceptors (Lipinski definition) is 4. The molecule has 0 aromatic heterocycles. The highest BCUT2D eigenvalue weighted by Gasteiger charge is 2.31. The molecular weight excluding hydrogens is 364 g/mol. The highest BCUT2D eigenvalue weighted by atomic mass is 35.5. The van der Waals surface area contributed by atoms with E-state index in [9.17, 15) is 9.59 Å². The highest BCUT2D eigenvalue weighted by Crippen LogP contribution is 2.34. The van der Waals surface area contributed by atoms with Crippen LogP contribution < -0.4 is 15.1 Å². The Morgan fingerprint density at radius 2 is 1.78 bits per heavy atom. The third kappa shape index (κ3) is 4.07. The maximum atomic E-state index is 13.4. The smallest absolute Gasteiger partial charge is 0.263 e. The fourth-order valence-electron chi connectivity index (χ4n) is 3.06. The Bertz CT molecular complexity index is 869. The van der Waals surface area contributed by atoms with Crippen molar-refractivity contribution in [2.24, 2.45) is 0 Å². The van der Waals surface area contributed by atoms with Gasteiger partial charge < -0.3 is 15.1 Å². The summed E-state index contributed by atoms with van der Waals surface area (Å²) >= 11 is 6.30. The van der Waals surface area contributed by atoms with Gasteiger partial charge in [-0.3, -0.25) is 14.5 Å². The summed E-state index contributed by atoms with van der Waals surface area (Å²) in [6.45, 7) is 1.50. The molecule has 0 bridgehead atoms. The van der Waals surface area contributed by atoms with E-state index >= 15 is 0 Å². The van der Waals surface area contributed by atoms with Gasteiger partial charge in [0.05, 0.1) is 27.6 Å². The van der Waals surface area contributed by atoms with Crippen molar-refractivity contribution in [1.82, 2.24) is 4.90 Å². The van der Waals surface area contributed by atoms with Gasteiger partial charge in [0.1, 0.15) is 6.54 Å². The summed E-state index contributed by atoms with van der Waals surface area (Å²) in [7, 11) is 5.95. The highest BCUT2D eigenvalue weighted by molar-refractivity contribution is 6.34. The first kappa shape index (κ1) is 19.2. The molecule has 0 spiro atoms. The number of anilines is 3. The lowest BCUT2D eigenvalue weighted by molar-refractivity contribution is -0.114. The van der Waals surface area contributed by atoms with Crippen LogP contribution in [0, 0.1) is 0 Å². The molecule has 1 N–H and O–H groups in total. The largest absolute Gasteiger partial charge is 0.373 e. The monoisotopic (exact) mass is 386 g/mol. The molecule has 0 aliphatic carbocycles. The minimum Gasteiger partial charge on any atom is -0.373 e. The lowest BCUT2D eigenvalue weighted by Gasteiger charge is -2.26. The predicted molar refractivity (Wildman–Crippen MR) is 110 cm³/mol. The van der Waals surface area contributed by atoms with E-state index in [1.54, 1.807) is 30.3 Å². The molecule has 0 saturated heterocycles. The molecule has 1 heterocycles. The molecule has 27 heavy (non-hydrogen) atoms. The summed E-state index contributed by atoms with van der Waals surface area (Å²) < 4.78 is 0. The average Bonchev–Trinajstić information content (AvgIpc) is 2.76. The minimum absolute atomic E-state index is 0.0852. The Morgan fingerprint density at radius 1 is 1.04 bits per heavy atom. The predicted octanol–water partition coefficient (Wildman–Crippen LogP) is 2.94. The molecular formula is C20H23ClN4O2. The van der Waals surface area contributed by atoms with E-state index in [0.29, 0.717) is 22.0 Å². The molecule has 0 fully saturated rings. The molecule has 3 rings (SSSR count). The first-order chi connectivity index (χ1) is 12.9. The Hall–Kier alpha value is -2.57. The standard InChI is InChI=1S/C20H23ClN4O2/c1-23(2)11-12-24(3)17-10-6-8-15-19(17)20(27)25(13-18(26)22-15)16-9-5-4-7-14(16)21/h4-10H,11-13H2,1-3H3,(H,22,26). The number of nitrogens with one attached hydrogen (secondary N) is 1. The number of fused-ring (bicyclic) bond motifs is 1. The van der Waals surface area contributed by atoms with Crippen LogP contribution in [0.4, 0.5) is 17.1 Å². The number of likely N-dealkylation sites (N-methyl/N-ethyl adjacent to an activating group) is 2. The quantitative estimate of drug-likeness (QED) is 0.858. The molecule has 1 aliphatic rings. The van der Waals surface area contributed by atoms with Crippen molar-refractivity contribution in [1.29, 1.82) is 0 Å². The number of para-hydroxylation sites is 1. The van der Waals surface area contributed by atoms with Gasteiger partial charge in [-0.2, -0.15) is 0 Å². The van der Waals surface area contributed by atoms with Crippen molar-refractivity contribution >= 4 is 40.5 Å². The van der Waals surface area contributed by atoms with Crippen LogP contribution in [0.5, 0.6) is 0 Å². The summed E-state index contributed by atoms with van der Waals surface area (Å²) in [5.41, 5.74) is 2.30. The molecule has 6 nitrogen and oxygen atoms in total. The normalized spacial score (nSPS) is 14.0. The Labute approximate surface area is 164 Å². The number of benzene rings is 2. The van der Waals surface area contributed by atoms with Gasteiger partial charge in [-0.05, 0) is 38.4 Å². The molecule has 7 heteroatoms. The number of rotatable bonds is 5. The van der Waals surface area contributed by atoms with Crippen molar-refractivity contribution in [2.45, 2.75) is 0 Å². The van der Waals surface area contributed by atoms with Gasteiger partial charge in [0.25, 0.3) is 5.91 Å². The molecule has 1 aliphatic heterocycles. The summed E-state index contributed by atoms with van der Waals surface area (Å²) in [6, 6.07) is 12.5. The van der Waals surface area contributed by atoms with E-state index in [4.69, 9.17) is 11.6 Å². The molecule has 0 atom stereocenters. The van der Waals surface area contributed by atoms with Crippen LogP contribution in [0.2, 0.25) is 5.02 Å². The maximum absolute atomic E-state index is 13.4. The van der Waals surface area contributed by atoms with Crippen LogP contribution in [0.25, 0.3) is 0 Å². The van der Waals surface area contributed by atoms with Gasteiger partial charge in [0, 0.05) is 20.1 Å². The van der Waals surface area contributed by atoms with Gasteiger partial charge >= 0.3 is 0 Å². The second-order valence-electron chi connectivity index (χ2n) is 6.82. The van der Waals surface area contributed by atoms with E-state index in [1.165, 1.54) is 4.90 Å². The molecule has 142 valence electrons. The second-order valence-corrected chi connectivity index (χ2v) is 7.22. The number of amides is 2. The van der Waals surface area contributed by atoms with E-state index in [0.717, 1.165) is 18.8 Å². The van der Waals surface area contributed by atoms with Crippen LogP contribution in [0.15, 0.2) is 42.5 Å². The Balaban J connectivity index is 2.06. The molecule has 0 saturated carbocycles. The number of carbonyl (C=O) groups excluding carboxylic acids is 2. The molecule has 0 radical (unpaired) electrons. The van der Waals surface area contributed by atoms with Gasteiger partial charge in [0.15, 0.2) is 0 Å². The topological polar surface area (TPSA) is 55.9 Å². The van der Waals surface area contributed by atoms with Crippen molar-refractivity contribution in [3.63, 3.8) is 0 Å².